The van der Waals surface area contributed by atoms with Crippen LogP contribution in [0.25, 0.3) is 0 Å². The van der Waals surface area contributed by atoms with Crippen LogP contribution >= 0.6 is 0 Å². The van der Waals surface area contributed by atoms with E-state index in [1.165, 1.54) is 4.90 Å². The maximum Gasteiger partial charge on any atom is 0.338 e. The highest BCUT2D eigenvalue weighted by Crippen LogP contribution is 2.46. The Morgan fingerprint density at radius 2 is 1.83 bits per heavy atom. The van der Waals surface area contributed by atoms with Crippen LogP contribution in [0.1, 0.15) is 26.3 Å². The van der Waals surface area contributed by atoms with Crippen molar-refractivity contribution in [3.8, 4) is 0 Å². The molecule has 1 amide bonds. The third kappa shape index (κ3) is 3.01. The Kier molecular flexibility index (Phi) is 4.75. The van der Waals surface area contributed by atoms with E-state index in [0.717, 1.165) is 5.56 Å². The van der Waals surface area contributed by atoms with Crippen LogP contribution in [0, 0.1) is 0 Å². The number of amides is 1. The highest BCUT2D eigenvalue weighted by Gasteiger charge is 2.74. The van der Waals surface area contributed by atoms with Gasteiger partial charge in [0, 0.05) is 18.7 Å². The van der Waals surface area contributed by atoms with Gasteiger partial charge in [-0.05, 0) is 23.8 Å². The largest absolute Gasteiger partial charge is 0.451 e. The molecule has 6 rings (SSSR count). The number of rotatable bonds is 4. The summed E-state index contributed by atoms with van der Waals surface area (Å²) in [6, 6.07) is 13.9. The highest BCUT2D eigenvalue weighted by molar-refractivity contribution is 5.98. The fraction of sp³-hybridized carbons (Fsp3) is 0.333. The number of hydrogen-bond acceptors (Lipinski definition) is 11. The molecule has 7 N–H and O–H groups in total. The van der Waals surface area contributed by atoms with Crippen LogP contribution in [0.4, 0.5) is 0 Å². The maximum absolute atomic E-state index is 13.0. The lowest BCUT2D eigenvalue weighted by atomic mass is 9.85. The maximum atomic E-state index is 13.0. The summed E-state index contributed by atoms with van der Waals surface area (Å²) in [7, 11) is 0. The van der Waals surface area contributed by atoms with Gasteiger partial charge in [-0.1, -0.05) is 36.4 Å². The molecule has 1 spiro atoms. The Morgan fingerprint density at radius 1 is 1.11 bits per heavy atom. The van der Waals surface area contributed by atoms with Gasteiger partial charge in [0.05, 0.1) is 18.2 Å². The SMILES string of the molecule is NC1=N[C@H]2C(CN3Cc4ccccc4C3=O)N=C(N)N3CC(OC(=O)c4ccccc4)C(O)(O)[C@]23N1. The number of hydrogen-bond donors (Lipinski definition) is 5. The Hall–Kier alpha value is -4.16. The van der Waals surface area contributed by atoms with Crippen LogP contribution < -0.4 is 16.8 Å². The number of ether oxygens (including phenoxy) is 1. The van der Waals surface area contributed by atoms with Crippen LogP contribution in [0.5, 0.6) is 0 Å². The number of esters is 1. The van der Waals surface area contributed by atoms with Gasteiger partial charge in [-0.3, -0.25) is 4.79 Å². The number of aliphatic imine (C=N–C) groups is 2. The number of carbonyl (C=O) groups is 2. The molecule has 4 aliphatic heterocycles. The number of carbonyl (C=O) groups excluding carboxylic acids is 2. The number of benzene rings is 2. The topological polar surface area (TPSA) is 179 Å². The minimum Gasteiger partial charge on any atom is -0.451 e. The molecule has 0 saturated carbocycles. The summed E-state index contributed by atoms with van der Waals surface area (Å²) < 4.78 is 5.53. The average molecular weight is 492 g/mol. The van der Waals surface area contributed by atoms with E-state index in [0.29, 0.717) is 12.1 Å². The van der Waals surface area contributed by atoms with E-state index in [-0.39, 0.29) is 36.5 Å². The standard InChI is InChI=1S/C24H25N7O5/c25-21-28-18-16(11-30-10-14-8-4-5-9-15(14)19(30)32)27-22(26)31-12-17(24(34,35)23(18,31)29-21)36-20(33)13-6-2-1-3-7-13/h1-9,16-18,34-35H,10-12H2,(H2,26,27)(H3,25,28,29)/t16?,17?,18-,23-/m0/s1. The molecule has 0 aromatic heterocycles. The molecule has 2 unspecified atom stereocenters. The lowest BCUT2D eigenvalue weighted by molar-refractivity contribution is -0.256. The van der Waals surface area contributed by atoms with E-state index in [1.54, 1.807) is 47.4 Å². The number of guanidine groups is 2. The van der Waals surface area contributed by atoms with Crippen LogP contribution in [-0.2, 0) is 11.3 Å². The predicted molar refractivity (Wildman–Crippen MR) is 127 cm³/mol. The van der Waals surface area contributed by atoms with Crippen molar-refractivity contribution in [2.75, 3.05) is 13.1 Å². The smallest absolute Gasteiger partial charge is 0.338 e. The van der Waals surface area contributed by atoms with Crippen LogP contribution in [0.15, 0.2) is 64.6 Å². The Bertz CT molecular complexity index is 1310. The van der Waals surface area contributed by atoms with E-state index in [1.807, 2.05) is 12.1 Å². The normalized spacial score (nSPS) is 29.6. The molecule has 2 aromatic rings. The molecule has 1 fully saturated rings. The fourth-order valence-electron chi connectivity index (χ4n) is 5.63. The summed E-state index contributed by atoms with van der Waals surface area (Å²) in [5.74, 6) is -3.58. The van der Waals surface area contributed by atoms with E-state index in [9.17, 15) is 19.8 Å². The van der Waals surface area contributed by atoms with E-state index in [4.69, 9.17) is 16.2 Å². The van der Waals surface area contributed by atoms with Gasteiger partial charge >= 0.3 is 5.97 Å². The first kappa shape index (κ1) is 22.3. The number of aliphatic hydroxyl groups is 2. The zero-order valence-electron chi connectivity index (χ0n) is 19.1. The molecule has 1 saturated heterocycles. The van der Waals surface area contributed by atoms with Gasteiger partial charge in [0.2, 0.25) is 5.79 Å². The zero-order chi connectivity index (χ0) is 25.2. The summed E-state index contributed by atoms with van der Waals surface area (Å²) in [6.07, 6.45) is -1.40. The summed E-state index contributed by atoms with van der Waals surface area (Å²) in [4.78, 5) is 37.7. The lowest BCUT2D eigenvalue weighted by Gasteiger charge is -2.49. The average Bonchev–Trinajstić information content (AvgIpc) is 3.45. The molecule has 36 heavy (non-hydrogen) atoms. The van der Waals surface area contributed by atoms with E-state index < -0.39 is 35.6 Å². The molecule has 2 aromatic carbocycles. The first-order valence-electron chi connectivity index (χ1n) is 11.5. The van der Waals surface area contributed by atoms with Gasteiger partial charge in [-0.25, -0.2) is 14.8 Å². The van der Waals surface area contributed by atoms with E-state index >= 15 is 0 Å². The quantitative estimate of drug-likeness (QED) is 0.252. The van der Waals surface area contributed by atoms with Crippen molar-refractivity contribution < 1.29 is 24.5 Å². The molecule has 4 atom stereocenters. The second-order valence-electron chi connectivity index (χ2n) is 9.34. The second kappa shape index (κ2) is 7.67. The minimum absolute atomic E-state index is 0.0106. The van der Waals surface area contributed by atoms with Gasteiger partial charge in [-0.15, -0.1) is 0 Å². The van der Waals surface area contributed by atoms with Crippen molar-refractivity contribution in [3.05, 3.63) is 71.3 Å². The van der Waals surface area contributed by atoms with Gasteiger partial charge in [0.15, 0.2) is 23.7 Å². The zero-order valence-corrected chi connectivity index (χ0v) is 19.1. The van der Waals surface area contributed by atoms with Gasteiger partial charge in [-0.2, -0.15) is 0 Å². The minimum atomic E-state index is -2.65. The van der Waals surface area contributed by atoms with Gasteiger partial charge in [0.1, 0.15) is 6.04 Å². The molecular formula is C24H25N7O5. The summed E-state index contributed by atoms with van der Waals surface area (Å²) in [5.41, 5.74) is 12.3. The summed E-state index contributed by atoms with van der Waals surface area (Å²) in [6.45, 7) is 0.350. The predicted octanol–water partition coefficient (Wildman–Crippen LogP) is -1.46. The third-order valence-electron chi connectivity index (χ3n) is 7.31. The van der Waals surface area contributed by atoms with Crippen molar-refractivity contribution in [2.24, 2.45) is 21.5 Å². The molecule has 0 aliphatic carbocycles. The molecule has 4 heterocycles. The summed E-state index contributed by atoms with van der Waals surface area (Å²) >= 11 is 0. The van der Waals surface area contributed by atoms with E-state index in [2.05, 4.69) is 15.3 Å². The fourth-order valence-corrected chi connectivity index (χ4v) is 5.63. The van der Waals surface area contributed by atoms with Crippen LogP contribution in [0.3, 0.4) is 0 Å². The number of nitrogens with two attached hydrogens (primary N) is 2. The van der Waals surface area contributed by atoms with Crippen LogP contribution in [0.2, 0.25) is 0 Å². The highest BCUT2D eigenvalue weighted by atomic mass is 16.6. The molecule has 0 bridgehead atoms. The summed E-state index contributed by atoms with van der Waals surface area (Å²) in [5, 5.41) is 25.8. The van der Waals surface area contributed by atoms with Crippen molar-refractivity contribution in [1.29, 1.82) is 0 Å². The van der Waals surface area contributed by atoms with Gasteiger partial charge < -0.3 is 41.5 Å². The molecule has 4 aliphatic rings. The lowest BCUT2D eigenvalue weighted by Crippen LogP contribution is -2.77. The van der Waals surface area contributed by atoms with Crippen molar-refractivity contribution in [2.45, 2.75) is 36.2 Å². The van der Waals surface area contributed by atoms with Crippen molar-refractivity contribution in [3.63, 3.8) is 0 Å². The van der Waals surface area contributed by atoms with Crippen molar-refractivity contribution >= 4 is 23.8 Å². The Balaban J connectivity index is 1.31. The third-order valence-corrected chi connectivity index (χ3v) is 7.31. The molecule has 12 nitrogen and oxygen atoms in total. The Morgan fingerprint density at radius 3 is 2.58 bits per heavy atom. The van der Waals surface area contributed by atoms with Gasteiger partial charge in [0.25, 0.3) is 5.91 Å². The monoisotopic (exact) mass is 491 g/mol. The van der Waals surface area contributed by atoms with Crippen LogP contribution in [-0.4, -0.2) is 86.5 Å². The van der Waals surface area contributed by atoms with Crippen molar-refractivity contribution in [1.82, 2.24) is 15.1 Å². The second-order valence-corrected chi connectivity index (χ2v) is 9.34. The first-order valence-corrected chi connectivity index (χ1v) is 11.5. The number of nitrogens with one attached hydrogen (secondary N) is 1. The molecular weight excluding hydrogens is 466 g/mol. The molecule has 12 heteroatoms. The number of fused-ring (bicyclic) bond motifs is 1. The Labute approximate surface area is 205 Å². The molecule has 0 radical (unpaired) electrons. The molecule has 186 valence electrons. The first-order chi connectivity index (χ1) is 17.2. The number of nitrogens with zero attached hydrogens (tertiary/aromatic N) is 4.